The molecule has 3 atom stereocenters. The van der Waals surface area contributed by atoms with Crippen LogP contribution in [0.15, 0.2) is 30.3 Å². The molecule has 4 heteroatoms. The average molecular weight is 260 g/mol. The molecule has 3 unspecified atom stereocenters. The molecule has 1 aromatic carbocycles. The van der Waals surface area contributed by atoms with E-state index >= 15 is 0 Å². The molecule has 0 spiro atoms. The van der Waals surface area contributed by atoms with Gasteiger partial charge in [0.15, 0.2) is 0 Å². The van der Waals surface area contributed by atoms with Crippen molar-refractivity contribution in [2.45, 2.75) is 37.8 Å². The van der Waals surface area contributed by atoms with Crippen LogP contribution in [0.5, 0.6) is 0 Å². The van der Waals surface area contributed by atoms with E-state index in [0.29, 0.717) is 5.92 Å². The number of carbonyl (C=O) groups is 1. The van der Waals surface area contributed by atoms with Gasteiger partial charge in [0.1, 0.15) is 6.04 Å². The molecule has 0 radical (unpaired) electrons. The molecule has 4 nitrogen and oxygen atoms in total. The quantitative estimate of drug-likeness (QED) is 0.779. The summed E-state index contributed by atoms with van der Waals surface area (Å²) in [5.74, 6) is -0.0981. The zero-order valence-corrected chi connectivity index (χ0v) is 10.9. The molecule has 19 heavy (non-hydrogen) atoms. The van der Waals surface area contributed by atoms with Gasteiger partial charge < -0.3 is 5.11 Å². The summed E-state index contributed by atoms with van der Waals surface area (Å²) in [4.78, 5) is 11.4. The minimum atomic E-state index is -0.747. The second-order valence-electron chi connectivity index (χ2n) is 5.61. The van der Waals surface area contributed by atoms with Gasteiger partial charge in [0.05, 0.1) is 6.04 Å². The summed E-state index contributed by atoms with van der Waals surface area (Å²) in [7, 11) is 0. The lowest BCUT2D eigenvalue weighted by Crippen LogP contribution is -2.40. The molecule has 102 valence electrons. The molecule has 0 amide bonds. The van der Waals surface area contributed by atoms with Gasteiger partial charge in [-0.2, -0.15) is 0 Å². The zero-order chi connectivity index (χ0) is 13.2. The van der Waals surface area contributed by atoms with Crippen LogP contribution in [0.4, 0.5) is 0 Å². The average Bonchev–Trinajstić information content (AvgIpc) is 3.08. The van der Waals surface area contributed by atoms with Crippen LogP contribution in [0.3, 0.4) is 0 Å². The Hall–Kier alpha value is -1.39. The molecule has 1 heterocycles. The first-order valence-electron chi connectivity index (χ1n) is 7.06. The summed E-state index contributed by atoms with van der Waals surface area (Å²) < 4.78 is 0. The summed E-state index contributed by atoms with van der Waals surface area (Å²) >= 11 is 0. The minimum Gasteiger partial charge on any atom is -0.480 e. The highest BCUT2D eigenvalue weighted by Crippen LogP contribution is 2.42. The molecule has 2 fully saturated rings. The Morgan fingerprint density at radius 2 is 1.79 bits per heavy atom. The Morgan fingerprint density at radius 3 is 2.42 bits per heavy atom. The third-order valence-electron chi connectivity index (χ3n) is 4.53. The topological polar surface area (TPSA) is 61.4 Å². The highest BCUT2D eigenvalue weighted by Gasteiger charge is 2.45. The molecule has 0 bridgehead atoms. The highest BCUT2D eigenvalue weighted by molar-refractivity contribution is 5.74. The molecule has 1 aliphatic carbocycles. The maximum Gasteiger partial charge on any atom is 0.322 e. The van der Waals surface area contributed by atoms with E-state index in [2.05, 4.69) is 23.0 Å². The number of carboxylic acids is 1. The summed E-state index contributed by atoms with van der Waals surface area (Å²) in [5, 5.41) is 9.41. The summed E-state index contributed by atoms with van der Waals surface area (Å²) in [5.41, 5.74) is 7.36. The van der Waals surface area contributed by atoms with Crippen molar-refractivity contribution in [3.63, 3.8) is 0 Å². The van der Waals surface area contributed by atoms with Gasteiger partial charge in [-0.1, -0.05) is 56.0 Å². The smallest absolute Gasteiger partial charge is 0.322 e. The van der Waals surface area contributed by atoms with Crippen LogP contribution < -0.4 is 10.9 Å². The van der Waals surface area contributed by atoms with Crippen molar-refractivity contribution in [2.75, 3.05) is 0 Å². The standard InChI is InChI=1S/C15H20N2O2/c18-15(19)14-12(10-6-4-5-7-10)13(16-17-14)11-8-2-1-3-9-11/h1-3,8-10,12-14,16-17H,4-7H2,(H,18,19). The Bertz CT molecular complexity index is 443. The van der Waals surface area contributed by atoms with E-state index < -0.39 is 12.0 Å². The SMILES string of the molecule is O=C(O)C1NNC(c2ccccc2)C1C1CCCC1. The normalized spacial score (nSPS) is 31.7. The Morgan fingerprint density at radius 1 is 1.11 bits per heavy atom. The van der Waals surface area contributed by atoms with Crippen LogP contribution in [0.1, 0.15) is 37.3 Å². The third-order valence-corrected chi connectivity index (χ3v) is 4.53. The fourth-order valence-electron chi connectivity index (χ4n) is 3.64. The Balaban J connectivity index is 1.88. The number of hydrazine groups is 1. The number of hydrogen-bond acceptors (Lipinski definition) is 3. The third kappa shape index (κ3) is 2.38. The molecule has 1 aliphatic heterocycles. The van der Waals surface area contributed by atoms with Gasteiger partial charge in [0, 0.05) is 5.92 Å². The molecule has 2 aliphatic rings. The van der Waals surface area contributed by atoms with Crippen LogP contribution in [-0.4, -0.2) is 17.1 Å². The number of aliphatic carboxylic acids is 1. The number of rotatable bonds is 3. The monoisotopic (exact) mass is 260 g/mol. The predicted octanol–water partition coefficient (Wildman–Crippen LogP) is 2.10. The van der Waals surface area contributed by atoms with Gasteiger partial charge in [-0.05, 0) is 11.5 Å². The van der Waals surface area contributed by atoms with Crippen LogP contribution >= 0.6 is 0 Å². The van der Waals surface area contributed by atoms with Gasteiger partial charge >= 0.3 is 5.97 Å². The predicted molar refractivity (Wildman–Crippen MR) is 72.3 cm³/mol. The fourth-order valence-corrected chi connectivity index (χ4v) is 3.64. The van der Waals surface area contributed by atoms with E-state index in [0.717, 1.165) is 12.8 Å². The second-order valence-corrected chi connectivity index (χ2v) is 5.61. The van der Waals surface area contributed by atoms with Gasteiger partial charge in [0.25, 0.3) is 0 Å². The summed E-state index contributed by atoms with van der Waals surface area (Å²) in [6, 6.07) is 9.79. The van der Waals surface area contributed by atoms with Gasteiger partial charge in [-0.25, -0.2) is 10.9 Å². The fraction of sp³-hybridized carbons (Fsp3) is 0.533. The summed E-state index contributed by atoms with van der Waals surface area (Å²) in [6.45, 7) is 0. The first kappa shape index (κ1) is 12.6. The zero-order valence-electron chi connectivity index (χ0n) is 10.9. The van der Waals surface area contributed by atoms with Crippen LogP contribution in [0, 0.1) is 11.8 Å². The van der Waals surface area contributed by atoms with E-state index in [1.165, 1.54) is 18.4 Å². The van der Waals surface area contributed by atoms with E-state index in [-0.39, 0.29) is 12.0 Å². The molecule has 1 aromatic rings. The highest BCUT2D eigenvalue weighted by atomic mass is 16.4. The molecule has 1 saturated heterocycles. The largest absolute Gasteiger partial charge is 0.480 e. The maximum atomic E-state index is 11.4. The molecule has 3 N–H and O–H groups in total. The van der Waals surface area contributed by atoms with Gasteiger partial charge in [-0.15, -0.1) is 0 Å². The first-order chi connectivity index (χ1) is 9.27. The molecule has 3 rings (SSSR count). The number of hydrogen-bond donors (Lipinski definition) is 3. The number of carboxylic acid groups (broad SMARTS) is 1. The first-order valence-corrected chi connectivity index (χ1v) is 7.06. The summed E-state index contributed by atoms with van der Waals surface area (Å²) in [6.07, 6.45) is 4.77. The molecule has 1 saturated carbocycles. The van der Waals surface area contributed by atoms with Crippen LogP contribution in [-0.2, 0) is 4.79 Å². The molecular formula is C15H20N2O2. The van der Waals surface area contributed by atoms with Gasteiger partial charge in [-0.3, -0.25) is 4.79 Å². The number of nitrogens with one attached hydrogen (secondary N) is 2. The van der Waals surface area contributed by atoms with Gasteiger partial charge in [0.2, 0.25) is 0 Å². The Labute approximate surface area is 113 Å². The van der Waals surface area contributed by atoms with Crippen molar-refractivity contribution in [2.24, 2.45) is 11.8 Å². The van der Waals surface area contributed by atoms with E-state index in [1.807, 2.05) is 18.2 Å². The van der Waals surface area contributed by atoms with E-state index in [4.69, 9.17) is 0 Å². The van der Waals surface area contributed by atoms with Crippen molar-refractivity contribution in [3.8, 4) is 0 Å². The van der Waals surface area contributed by atoms with Crippen LogP contribution in [0.2, 0.25) is 0 Å². The second kappa shape index (κ2) is 5.31. The Kier molecular flexibility index (Phi) is 3.53. The van der Waals surface area contributed by atoms with E-state index in [1.54, 1.807) is 0 Å². The van der Waals surface area contributed by atoms with Crippen molar-refractivity contribution in [1.29, 1.82) is 0 Å². The van der Waals surface area contributed by atoms with Crippen molar-refractivity contribution in [3.05, 3.63) is 35.9 Å². The lowest BCUT2D eigenvalue weighted by Gasteiger charge is -2.27. The minimum absolute atomic E-state index is 0.102. The lowest BCUT2D eigenvalue weighted by atomic mass is 9.78. The van der Waals surface area contributed by atoms with E-state index in [9.17, 15) is 9.90 Å². The maximum absolute atomic E-state index is 11.4. The number of benzene rings is 1. The van der Waals surface area contributed by atoms with Crippen molar-refractivity contribution >= 4 is 5.97 Å². The molecular weight excluding hydrogens is 240 g/mol. The lowest BCUT2D eigenvalue weighted by molar-refractivity contribution is -0.140. The van der Waals surface area contributed by atoms with Crippen molar-refractivity contribution in [1.82, 2.24) is 10.9 Å². The van der Waals surface area contributed by atoms with Crippen molar-refractivity contribution < 1.29 is 9.90 Å². The van der Waals surface area contributed by atoms with Crippen LogP contribution in [0.25, 0.3) is 0 Å². The molecule has 0 aromatic heterocycles.